The van der Waals surface area contributed by atoms with E-state index in [2.05, 4.69) is 15.3 Å². The maximum Gasteiger partial charge on any atom is 0.224 e. The number of H-pyrrole nitrogens is 1. The van der Waals surface area contributed by atoms with Crippen molar-refractivity contribution in [3.8, 4) is 11.5 Å². The topological polar surface area (TPSA) is 76.2 Å². The number of fused-ring (bicyclic) bond motifs is 1. The SMILES string of the molecule is COc1ccc(CC(=O)NCc2nc3ccccc3[nH]2)c(OC)c1. The van der Waals surface area contributed by atoms with Crippen LogP contribution in [0.25, 0.3) is 11.0 Å². The highest BCUT2D eigenvalue weighted by Gasteiger charge is 2.11. The predicted molar refractivity (Wildman–Crippen MR) is 91.2 cm³/mol. The van der Waals surface area contributed by atoms with Crippen LogP contribution in [0.2, 0.25) is 0 Å². The number of rotatable bonds is 6. The van der Waals surface area contributed by atoms with Crippen LogP contribution in [-0.4, -0.2) is 30.1 Å². The first kappa shape index (κ1) is 15.9. The fourth-order valence-electron chi connectivity index (χ4n) is 2.51. The minimum atomic E-state index is -0.0982. The predicted octanol–water partition coefficient (Wildman–Crippen LogP) is 2.44. The van der Waals surface area contributed by atoms with E-state index in [1.807, 2.05) is 36.4 Å². The van der Waals surface area contributed by atoms with Gasteiger partial charge in [0, 0.05) is 11.6 Å². The summed E-state index contributed by atoms with van der Waals surface area (Å²) >= 11 is 0. The van der Waals surface area contributed by atoms with Crippen molar-refractivity contribution in [2.45, 2.75) is 13.0 Å². The van der Waals surface area contributed by atoms with Gasteiger partial charge in [-0.25, -0.2) is 4.98 Å². The Kier molecular flexibility index (Phi) is 4.65. The van der Waals surface area contributed by atoms with Crippen LogP contribution in [0.5, 0.6) is 11.5 Å². The number of nitrogens with zero attached hydrogens (tertiary/aromatic N) is 1. The average molecular weight is 325 g/mol. The number of aromatic amines is 1. The summed E-state index contributed by atoms with van der Waals surface area (Å²) in [6, 6.07) is 13.2. The molecule has 6 heteroatoms. The van der Waals surface area contributed by atoms with Gasteiger partial charge in [0.2, 0.25) is 5.91 Å². The van der Waals surface area contributed by atoms with Gasteiger partial charge < -0.3 is 19.8 Å². The summed E-state index contributed by atoms with van der Waals surface area (Å²) in [7, 11) is 3.17. The minimum absolute atomic E-state index is 0.0982. The van der Waals surface area contributed by atoms with E-state index in [4.69, 9.17) is 9.47 Å². The molecule has 24 heavy (non-hydrogen) atoms. The number of hydrogen-bond acceptors (Lipinski definition) is 4. The van der Waals surface area contributed by atoms with Crippen molar-refractivity contribution in [3.05, 3.63) is 53.9 Å². The average Bonchev–Trinajstić information content (AvgIpc) is 3.03. The van der Waals surface area contributed by atoms with Crippen molar-refractivity contribution in [2.75, 3.05) is 14.2 Å². The number of ether oxygens (including phenoxy) is 2. The van der Waals surface area contributed by atoms with E-state index in [0.717, 1.165) is 22.4 Å². The fourth-order valence-corrected chi connectivity index (χ4v) is 2.51. The molecule has 0 atom stereocenters. The number of hydrogen-bond donors (Lipinski definition) is 2. The molecule has 6 nitrogen and oxygen atoms in total. The van der Waals surface area contributed by atoms with Crippen LogP contribution in [0.1, 0.15) is 11.4 Å². The number of methoxy groups -OCH3 is 2. The normalized spacial score (nSPS) is 10.6. The highest BCUT2D eigenvalue weighted by molar-refractivity contribution is 5.79. The van der Waals surface area contributed by atoms with Crippen LogP contribution in [0.4, 0.5) is 0 Å². The summed E-state index contributed by atoms with van der Waals surface area (Å²) in [6.45, 7) is 0.353. The molecule has 0 fully saturated rings. The van der Waals surface area contributed by atoms with Gasteiger partial charge in [0.15, 0.2) is 0 Å². The summed E-state index contributed by atoms with van der Waals surface area (Å²) in [6.07, 6.45) is 0.230. The molecule has 0 aliphatic rings. The molecule has 1 amide bonds. The Hall–Kier alpha value is -3.02. The number of nitrogens with one attached hydrogen (secondary N) is 2. The smallest absolute Gasteiger partial charge is 0.224 e. The zero-order chi connectivity index (χ0) is 16.9. The van der Waals surface area contributed by atoms with Gasteiger partial charge in [-0.15, -0.1) is 0 Å². The van der Waals surface area contributed by atoms with E-state index < -0.39 is 0 Å². The quantitative estimate of drug-likeness (QED) is 0.730. The second-order valence-electron chi connectivity index (χ2n) is 5.33. The molecule has 2 N–H and O–H groups in total. The molecule has 1 heterocycles. The van der Waals surface area contributed by atoms with Crippen molar-refractivity contribution in [1.29, 1.82) is 0 Å². The first-order chi connectivity index (χ1) is 11.7. The maximum absolute atomic E-state index is 12.2. The molecule has 1 aromatic heterocycles. The molecule has 0 aliphatic carbocycles. The van der Waals surface area contributed by atoms with E-state index in [9.17, 15) is 4.79 Å². The van der Waals surface area contributed by atoms with Crippen LogP contribution in [0.3, 0.4) is 0 Å². The summed E-state index contributed by atoms with van der Waals surface area (Å²) < 4.78 is 10.5. The molecule has 3 rings (SSSR count). The van der Waals surface area contributed by atoms with Crippen molar-refractivity contribution in [3.63, 3.8) is 0 Å². The molecule has 3 aromatic rings. The van der Waals surface area contributed by atoms with Gasteiger partial charge in [-0.2, -0.15) is 0 Å². The second kappa shape index (κ2) is 7.04. The Morgan fingerprint density at radius 3 is 2.75 bits per heavy atom. The van der Waals surface area contributed by atoms with Gasteiger partial charge in [0.1, 0.15) is 17.3 Å². The Morgan fingerprint density at radius 1 is 1.17 bits per heavy atom. The summed E-state index contributed by atoms with van der Waals surface area (Å²) in [4.78, 5) is 19.8. The Balaban J connectivity index is 1.63. The third kappa shape index (κ3) is 3.48. The Morgan fingerprint density at radius 2 is 2.00 bits per heavy atom. The van der Waals surface area contributed by atoms with Crippen LogP contribution in [0.15, 0.2) is 42.5 Å². The second-order valence-corrected chi connectivity index (χ2v) is 5.33. The Labute approximate surface area is 139 Å². The third-order valence-corrected chi connectivity index (χ3v) is 3.74. The molecule has 0 aliphatic heterocycles. The molecule has 0 spiro atoms. The summed E-state index contributed by atoms with van der Waals surface area (Å²) in [5.74, 6) is 1.96. The van der Waals surface area contributed by atoms with E-state index >= 15 is 0 Å². The molecule has 0 bridgehead atoms. The number of carbonyl (C=O) groups excluding carboxylic acids is 1. The zero-order valence-electron chi connectivity index (χ0n) is 13.6. The Bertz CT molecular complexity index is 825. The van der Waals surface area contributed by atoms with Gasteiger partial charge in [-0.1, -0.05) is 18.2 Å². The number of benzene rings is 2. The van der Waals surface area contributed by atoms with Gasteiger partial charge in [-0.3, -0.25) is 4.79 Å². The number of aromatic nitrogens is 2. The third-order valence-electron chi connectivity index (χ3n) is 3.74. The fraction of sp³-hybridized carbons (Fsp3) is 0.222. The van der Waals surface area contributed by atoms with Gasteiger partial charge >= 0.3 is 0 Å². The minimum Gasteiger partial charge on any atom is -0.497 e. The lowest BCUT2D eigenvalue weighted by Crippen LogP contribution is -2.25. The molecule has 0 saturated heterocycles. The van der Waals surface area contributed by atoms with E-state index in [-0.39, 0.29) is 12.3 Å². The van der Waals surface area contributed by atoms with Gasteiger partial charge in [-0.05, 0) is 18.2 Å². The summed E-state index contributed by atoms with van der Waals surface area (Å²) in [5.41, 5.74) is 2.65. The van der Waals surface area contributed by atoms with Gasteiger partial charge in [0.05, 0.1) is 38.2 Å². The molecular weight excluding hydrogens is 306 g/mol. The van der Waals surface area contributed by atoms with Gasteiger partial charge in [0.25, 0.3) is 0 Å². The molecule has 0 saturated carbocycles. The van der Waals surface area contributed by atoms with Crippen molar-refractivity contribution in [2.24, 2.45) is 0 Å². The lowest BCUT2D eigenvalue weighted by Gasteiger charge is -2.10. The number of amides is 1. The molecule has 124 valence electrons. The number of carbonyl (C=O) groups is 1. The number of imidazole rings is 1. The van der Waals surface area contributed by atoms with Crippen LogP contribution < -0.4 is 14.8 Å². The zero-order valence-corrected chi connectivity index (χ0v) is 13.6. The van der Waals surface area contributed by atoms with Crippen molar-refractivity contribution in [1.82, 2.24) is 15.3 Å². The molecular formula is C18H19N3O3. The van der Waals surface area contributed by atoms with Crippen LogP contribution >= 0.6 is 0 Å². The van der Waals surface area contributed by atoms with E-state index in [1.54, 1.807) is 20.3 Å². The maximum atomic E-state index is 12.2. The summed E-state index contributed by atoms with van der Waals surface area (Å²) in [5, 5.41) is 2.87. The van der Waals surface area contributed by atoms with Crippen molar-refractivity contribution >= 4 is 16.9 Å². The largest absolute Gasteiger partial charge is 0.497 e. The lowest BCUT2D eigenvalue weighted by molar-refractivity contribution is -0.120. The first-order valence-electron chi connectivity index (χ1n) is 7.61. The van der Waals surface area contributed by atoms with E-state index in [1.165, 1.54) is 0 Å². The number of para-hydroxylation sites is 2. The highest BCUT2D eigenvalue weighted by Crippen LogP contribution is 2.24. The standard InChI is InChI=1S/C18H19N3O3/c1-23-13-8-7-12(16(10-13)24-2)9-18(22)19-11-17-20-14-5-3-4-6-15(14)21-17/h3-8,10H,9,11H2,1-2H3,(H,19,22)(H,20,21). The first-order valence-corrected chi connectivity index (χ1v) is 7.61. The molecule has 0 radical (unpaired) electrons. The van der Waals surface area contributed by atoms with Crippen LogP contribution in [-0.2, 0) is 17.8 Å². The van der Waals surface area contributed by atoms with E-state index in [0.29, 0.717) is 18.0 Å². The molecule has 2 aromatic carbocycles. The van der Waals surface area contributed by atoms with Crippen LogP contribution in [0, 0.1) is 0 Å². The molecule has 0 unspecified atom stereocenters. The van der Waals surface area contributed by atoms with Crippen molar-refractivity contribution < 1.29 is 14.3 Å². The highest BCUT2D eigenvalue weighted by atomic mass is 16.5. The lowest BCUT2D eigenvalue weighted by atomic mass is 10.1. The monoisotopic (exact) mass is 325 g/mol.